The summed E-state index contributed by atoms with van der Waals surface area (Å²) >= 11 is 0. The summed E-state index contributed by atoms with van der Waals surface area (Å²) < 4.78 is 10.4. The molecule has 0 bridgehead atoms. The third-order valence-corrected chi connectivity index (χ3v) is 3.48. The van der Waals surface area contributed by atoms with Gasteiger partial charge in [-0.05, 0) is 29.5 Å². The standard InChI is InChI=1S/C16H23N3O2/c1-16(2,3)14(17)15-18-13(21-19-15)10-7-11-5-8-12(20-4)9-6-11/h5-6,8-9,14H,7,10,17H2,1-4H3. The molecule has 0 aliphatic rings. The highest BCUT2D eigenvalue weighted by Gasteiger charge is 2.26. The molecule has 21 heavy (non-hydrogen) atoms. The van der Waals surface area contributed by atoms with E-state index in [9.17, 15) is 0 Å². The van der Waals surface area contributed by atoms with Crippen molar-refractivity contribution in [3.63, 3.8) is 0 Å². The van der Waals surface area contributed by atoms with Gasteiger partial charge in [0.2, 0.25) is 5.89 Å². The van der Waals surface area contributed by atoms with Gasteiger partial charge in [-0.15, -0.1) is 0 Å². The number of nitrogens with zero attached hydrogens (tertiary/aromatic N) is 2. The van der Waals surface area contributed by atoms with Gasteiger partial charge in [-0.25, -0.2) is 0 Å². The molecule has 2 aromatic rings. The lowest BCUT2D eigenvalue weighted by molar-refractivity contribution is 0.300. The maximum absolute atomic E-state index is 6.13. The van der Waals surface area contributed by atoms with E-state index in [0.717, 1.165) is 12.2 Å². The number of hydrogen-bond donors (Lipinski definition) is 1. The van der Waals surface area contributed by atoms with Crippen LogP contribution in [0.15, 0.2) is 28.8 Å². The fraction of sp³-hybridized carbons (Fsp3) is 0.500. The van der Waals surface area contributed by atoms with Gasteiger partial charge in [0, 0.05) is 6.42 Å². The van der Waals surface area contributed by atoms with Crippen molar-refractivity contribution < 1.29 is 9.26 Å². The molecule has 114 valence electrons. The predicted molar refractivity (Wildman–Crippen MR) is 81.1 cm³/mol. The second kappa shape index (κ2) is 6.26. The van der Waals surface area contributed by atoms with Crippen LogP contribution in [0.1, 0.15) is 44.1 Å². The molecule has 0 saturated carbocycles. The normalized spacial score (nSPS) is 13.2. The van der Waals surface area contributed by atoms with Crippen LogP contribution in [-0.4, -0.2) is 17.3 Å². The van der Waals surface area contributed by atoms with Crippen molar-refractivity contribution in [1.29, 1.82) is 0 Å². The van der Waals surface area contributed by atoms with Gasteiger partial charge in [0.25, 0.3) is 0 Å². The summed E-state index contributed by atoms with van der Waals surface area (Å²) in [4.78, 5) is 4.40. The number of ether oxygens (including phenoxy) is 1. The van der Waals surface area contributed by atoms with Crippen molar-refractivity contribution in [2.75, 3.05) is 7.11 Å². The summed E-state index contributed by atoms with van der Waals surface area (Å²) in [5.74, 6) is 2.06. The molecule has 0 saturated heterocycles. The van der Waals surface area contributed by atoms with Gasteiger partial charge >= 0.3 is 0 Å². The Morgan fingerprint density at radius 3 is 2.43 bits per heavy atom. The molecule has 0 aliphatic heterocycles. The molecule has 0 aliphatic carbocycles. The highest BCUT2D eigenvalue weighted by molar-refractivity contribution is 5.27. The first-order chi connectivity index (χ1) is 9.90. The zero-order valence-electron chi connectivity index (χ0n) is 13.1. The molecule has 5 heteroatoms. The third-order valence-electron chi connectivity index (χ3n) is 3.48. The van der Waals surface area contributed by atoms with E-state index in [2.05, 4.69) is 30.9 Å². The molecule has 1 aromatic heterocycles. The summed E-state index contributed by atoms with van der Waals surface area (Å²) in [6.07, 6.45) is 1.55. The molecule has 0 amide bonds. The summed E-state index contributed by atoms with van der Waals surface area (Å²) in [5.41, 5.74) is 7.24. The molecule has 1 atom stereocenters. The average Bonchev–Trinajstić information content (AvgIpc) is 2.92. The molecule has 5 nitrogen and oxygen atoms in total. The van der Waals surface area contributed by atoms with Crippen molar-refractivity contribution in [2.24, 2.45) is 11.1 Å². The Bertz CT molecular complexity index is 570. The van der Waals surface area contributed by atoms with Crippen LogP contribution in [0.25, 0.3) is 0 Å². The summed E-state index contributed by atoms with van der Waals surface area (Å²) in [5, 5.41) is 3.99. The first-order valence-corrected chi connectivity index (χ1v) is 7.11. The Labute approximate surface area is 125 Å². The lowest BCUT2D eigenvalue weighted by Crippen LogP contribution is -2.27. The van der Waals surface area contributed by atoms with Crippen LogP contribution in [0.5, 0.6) is 5.75 Å². The van der Waals surface area contributed by atoms with Crippen molar-refractivity contribution in [3.05, 3.63) is 41.5 Å². The summed E-state index contributed by atoms with van der Waals surface area (Å²) in [7, 11) is 1.66. The third kappa shape index (κ3) is 4.04. The molecule has 1 aromatic carbocycles. The minimum atomic E-state index is -0.226. The molecule has 0 fully saturated rings. The highest BCUT2D eigenvalue weighted by atomic mass is 16.5. The van der Waals surface area contributed by atoms with Gasteiger partial charge in [-0.2, -0.15) is 4.98 Å². The maximum atomic E-state index is 6.13. The van der Waals surface area contributed by atoms with Gasteiger partial charge in [0.05, 0.1) is 13.2 Å². The van der Waals surface area contributed by atoms with Gasteiger partial charge in [0.15, 0.2) is 5.82 Å². The van der Waals surface area contributed by atoms with Crippen molar-refractivity contribution >= 4 is 0 Å². The Hall–Kier alpha value is -1.88. The number of aromatic nitrogens is 2. The maximum Gasteiger partial charge on any atom is 0.227 e. The summed E-state index contributed by atoms with van der Waals surface area (Å²) in [6.45, 7) is 6.18. The van der Waals surface area contributed by atoms with E-state index in [-0.39, 0.29) is 11.5 Å². The monoisotopic (exact) mass is 289 g/mol. The van der Waals surface area contributed by atoms with E-state index >= 15 is 0 Å². The van der Waals surface area contributed by atoms with E-state index in [1.807, 2.05) is 24.3 Å². The fourth-order valence-electron chi connectivity index (χ4n) is 1.93. The molecule has 1 unspecified atom stereocenters. The molecule has 2 rings (SSSR count). The number of hydrogen-bond acceptors (Lipinski definition) is 5. The topological polar surface area (TPSA) is 74.2 Å². The highest BCUT2D eigenvalue weighted by Crippen LogP contribution is 2.28. The number of methoxy groups -OCH3 is 1. The predicted octanol–water partition coefficient (Wildman–Crippen LogP) is 2.91. The van der Waals surface area contributed by atoms with E-state index in [0.29, 0.717) is 18.1 Å². The Balaban J connectivity index is 1.96. The second-order valence-electron chi connectivity index (χ2n) is 6.24. The van der Waals surface area contributed by atoms with Crippen LogP contribution in [0.2, 0.25) is 0 Å². The quantitative estimate of drug-likeness (QED) is 0.916. The van der Waals surface area contributed by atoms with Crippen molar-refractivity contribution in [3.8, 4) is 5.75 Å². The molecule has 0 spiro atoms. The van der Waals surface area contributed by atoms with Gasteiger partial charge in [-0.3, -0.25) is 0 Å². The van der Waals surface area contributed by atoms with E-state index < -0.39 is 0 Å². The number of nitrogens with two attached hydrogens (primary N) is 1. The van der Waals surface area contributed by atoms with Crippen molar-refractivity contribution in [2.45, 2.75) is 39.7 Å². The second-order valence-corrected chi connectivity index (χ2v) is 6.24. The molecular weight excluding hydrogens is 266 g/mol. The van der Waals surface area contributed by atoms with Crippen molar-refractivity contribution in [1.82, 2.24) is 10.1 Å². The largest absolute Gasteiger partial charge is 0.497 e. The zero-order chi connectivity index (χ0) is 15.5. The van der Waals surface area contributed by atoms with Crippen LogP contribution in [0.3, 0.4) is 0 Å². The van der Waals surface area contributed by atoms with Crippen LogP contribution in [-0.2, 0) is 12.8 Å². The van der Waals surface area contributed by atoms with E-state index in [4.69, 9.17) is 15.0 Å². The molecular formula is C16H23N3O2. The number of benzene rings is 1. The fourth-order valence-corrected chi connectivity index (χ4v) is 1.93. The summed E-state index contributed by atoms with van der Waals surface area (Å²) in [6, 6.07) is 7.75. The lowest BCUT2D eigenvalue weighted by atomic mass is 9.87. The number of aryl methyl sites for hydroxylation is 2. The van der Waals surface area contributed by atoms with Crippen LogP contribution >= 0.6 is 0 Å². The smallest absolute Gasteiger partial charge is 0.227 e. The Morgan fingerprint density at radius 2 is 1.86 bits per heavy atom. The number of rotatable bonds is 5. The minimum absolute atomic E-state index is 0.0862. The first-order valence-electron chi connectivity index (χ1n) is 7.11. The zero-order valence-corrected chi connectivity index (χ0v) is 13.1. The minimum Gasteiger partial charge on any atom is -0.497 e. The first kappa shape index (κ1) is 15.5. The van der Waals surface area contributed by atoms with Crippen LogP contribution in [0.4, 0.5) is 0 Å². The van der Waals surface area contributed by atoms with Crippen LogP contribution < -0.4 is 10.5 Å². The van der Waals surface area contributed by atoms with Crippen LogP contribution in [0, 0.1) is 5.41 Å². The van der Waals surface area contributed by atoms with Gasteiger partial charge in [-0.1, -0.05) is 38.1 Å². The SMILES string of the molecule is COc1ccc(CCc2nc(C(N)C(C)(C)C)no2)cc1. The molecule has 0 radical (unpaired) electrons. The Kier molecular flexibility index (Phi) is 4.63. The molecule has 1 heterocycles. The average molecular weight is 289 g/mol. The Morgan fingerprint density at radius 1 is 1.19 bits per heavy atom. The van der Waals surface area contributed by atoms with Gasteiger partial charge in [0.1, 0.15) is 5.75 Å². The van der Waals surface area contributed by atoms with E-state index in [1.54, 1.807) is 7.11 Å². The lowest BCUT2D eigenvalue weighted by Gasteiger charge is -2.23. The van der Waals surface area contributed by atoms with Gasteiger partial charge < -0.3 is 15.0 Å². The van der Waals surface area contributed by atoms with E-state index in [1.165, 1.54) is 5.56 Å². The molecule has 2 N–H and O–H groups in total.